The van der Waals surface area contributed by atoms with Gasteiger partial charge in [0.05, 0.1) is 24.9 Å². The molecule has 1 aliphatic rings. The number of phosphoric ester groups is 1. The van der Waals surface area contributed by atoms with Crippen LogP contribution in [0.2, 0.25) is 0 Å². The molecular weight excluding hydrogens is 912 g/mol. The van der Waals surface area contributed by atoms with Gasteiger partial charge in [-0.1, -0.05) is 163 Å². The van der Waals surface area contributed by atoms with Crippen molar-refractivity contribution in [1.29, 1.82) is 0 Å². The normalized spacial score (nSPS) is 23.0. The third kappa shape index (κ3) is 32.5. The minimum Gasteiger partial charge on any atom is -0.462 e. The fourth-order valence-corrected chi connectivity index (χ4v) is 8.06. The maximum atomic E-state index is 12.9. The number of carbonyl (C=O) groups excluding carboxylic acids is 2. The molecule has 1 rings (SSSR count). The van der Waals surface area contributed by atoms with Gasteiger partial charge < -0.3 is 55.2 Å². The molecule has 0 aliphatic heterocycles. The molecule has 69 heavy (non-hydrogen) atoms. The van der Waals surface area contributed by atoms with Crippen molar-refractivity contribution in [1.82, 2.24) is 0 Å². The van der Waals surface area contributed by atoms with Gasteiger partial charge in [0.1, 0.15) is 43.2 Å². The van der Waals surface area contributed by atoms with Crippen LogP contribution >= 0.6 is 7.82 Å². The van der Waals surface area contributed by atoms with E-state index < -0.39 is 94.0 Å². The zero-order valence-electron chi connectivity index (χ0n) is 41.2. The topological polar surface area (TPSA) is 270 Å². The molecule has 1 fully saturated rings. The first-order valence-electron chi connectivity index (χ1n) is 25.2. The molecule has 396 valence electrons. The second-order valence-corrected chi connectivity index (χ2v) is 18.9. The zero-order valence-corrected chi connectivity index (χ0v) is 42.1. The van der Waals surface area contributed by atoms with Crippen molar-refractivity contribution in [3.8, 4) is 0 Å². The highest BCUT2D eigenvalue weighted by Crippen LogP contribution is 2.47. The van der Waals surface area contributed by atoms with E-state index in [0.717, 1.165) is 77.0 Å². The van der Waals surface area contributed by atoms with Crippen molar-refractivity contribution >= 4 is 19.8 Å². The molecule has 0 aromatic carbocycles. The van der Waals surface area contributed by atoms with E-state index in [1.54, 1.807) is 42.5 Å². The Kier molecular flexibility index (Phi) is 37.5. The molecule has 0 aromatic heterocycles. The van der Waals surface area contributed by atoms with E-state index >= 15 is 0 Å². The lowest BCUT2D eigenvalue weighted by Crippen LogP contribution is -2.64. The first kappa shape index (κ1) is 63.9. The molecule has 17 heteroatoms. The Labute approximate surface area is 411 Å². The number of carbonyl (C=O) groups is 2. The maximum Gasteiger partial charge on any atom is 0.472 e. The Hall–Kier alpha value is -3.09. The van der Waals surface area contributed by atoms with Crippen LogP contribution in [0.3, 0.4) is 0 Å². The van der Waals surface area contributed by atoms with Gasteiger partial charge in [0.25, 0.3) is 0 Å². The van der Waals surface area contributed by atoms with Gasteiger partial charge in [0, 0.05) is 12.8 Å². The van der Waals surface area contributed by atoms with E-state index in [2.05, 4.69) is 50.3 Å². The summed E-state index contributed by atoms with van der Waals surface area (Å²) in [6.45, 7) is 2.87. The predicted molar refractivity (Wildman–Crippen MR) is 266 cm³/mol. The molecule has 1 aliphatic carbocycles. The Morgan fingerprint density at radius 3 is 1.65 bits per heavy atom. The highest BCUT2D eigenvalue weighted by atomic mass is 31.2. The fraction of sp³-hybridized carbons (Fsp3) is 0.692. The molecule has 0 heterocycles. The lowest BCUT2D eigenvalue weighted by atomic mass is 9.85. The number of aliphatic hydroxyl groups is 8. The van der Waals surface area contributed by atoms with E-state index in [0.29, 0.717) is 12.8 Å². The number of ether oxygens (including phenoxy) is 2. The zero-order chi connectivity index (χ0) is 51.1. The number of phosphoric acid groups is 1. The minimum absolute atomic E-state index is 0.00403. The summed E-state index contributed by atoms with van der Waals surface area (Å²) in [5.74, 6) is -1.45. The van der Waals surface area contributed by atoms with E-state index in [-0.39, 0.29) is 25.7 Å². The average molecular weight is 999 g/mol. The molecule has 1 saturated carbocycles. The van der Waals surface area contributed by atoms with Gasteiger partial charge >= 0.3 is 19.8 Å². The Balaban J connectivity index is 2.58. The Bertz CT molecular complexity index is 1580. The summed E-state index contributed by atoms with van der Waals surface area (Å²) < 4.78 is 33.4. The van der Waals surface area contributed by atoms with Crippen molar-refractivity contribution in [2.45, 2.75) is 216 Å². The van der Waals surface area contributed by atoms with Gasteiger partial charge in [-0.2, -0.15) is 0 Å². The first-order valence-corrected chi connectivity index (χ1v) is 26.7. The number of esters is 2. The van der Waals surface area contributed by atoms with Gasteiger partial charge in [-0.05, 0) is 64.2 Å². The van der Waals surface area contributed by atoms with Crippen molar-refractivity contribution in [3.63, 3.8) is 0 Å². The minimum atomic E-state index is -5.22. The summed E-state index contributed by atoms with van der Waals surface area (Å²) >= 11 is 0. The lowest BCUT2D eigenvalue weighted by molar-refractivity contribution is -0.220. The first-order chi connectivity index (χ1) is 33.1. The highest BCUT2D eigenvalue weighted by molar-refractivity contribution is 7.47. The molecule has 0 spiro atoms. The Morgan fingerprint density at radius 1 is 0.551 bits per heavy atom. The molecule has 0 aromatic rings. The van der Waals surface area contributed by atoms with Crippen LogP contribution in [-0.2, 0) is 32.7 Å². The monoisotopic (exact) mass is 999 g/mol. The van der Waals surface area contributed by atoms with Crippen LogP contribution in [0.4, 0.5) is 0 Å². The van der Waals surface area contributed by atoms with Crippen LogP contribution in [-0.4, -0.2) is 132 Å². The largest absolute Gasteiger partial charge is 0.472 e. The van der Waals surface area contributed by atoms with Gasteiger partial charge in [-0.15, -0.1) is 0 Å². The number of allylic oxidation sites excluding steroid dienone is 12. The second-order valence-electron chi connectivity index (χ2n) is 17.5. The van der Waals surface area contributed by atoms with Gasteiger partial charge in [-0.3, -0.25) is 18.6 Å². The summed E-state index contributed by atoms with van der Waals surface area (Å²) in [6.07, 6.45) is 28.2. The number of aliphatic hydroxyl groups excluding tert-OH is 8. The molecule has 0 saturated heterocycles. The van der Waals surface area contributed by atoms with Gasteiger partial charge in [-0.25, -0.2) is 4.57 Å². The molecule has 0 radical (unpaired) electrons. The van der Waals surface area contributed by atoms with Crippen molar-refractivity contribution in [2.75, 3.05) is 13.2 Å². The SMILES string of the molecule is CCCCCC/C=C\C/C=C\C/C=C\CCCCCCCCC(=O)O[C@H](COC(=O)CCC[C@@H](O)[C@H](O)/C=C/C=C/C=C\C=C\[C@H](O)CCCCC)COP(=O)(O)OC1[C@H](O)[C@H](O)C(O)[C@H](O)[C@H]1O. The summed E-state index contributed by atoms with van der Waals surface area (Å²) in [7, 11) is -5.22. The maximum absolute atomic E-state index is 12.9. The summed E-state index contributed by atoms with van der Waals surface area (Å²) in [4.78, 5) is 35.9. The lowest BCUT2D eigenvalue weighted by Gasteiger charge is -2.41. The third-order valence-electron chi connectivity index (χ3n) is 11.3. The van der Waals surface area contributed by atoms with Crippen LogP contribution in [0.5, 0.6) is 0 Å². The molecule has 11 atom stereocenters. The molecular formula is C52H87O16P. The van der Waals surface area contributed by atoms with E-state index in [1.807, 2.05) is 0 Å². The molecule has 9 N–H and O–H groups in total. The molecule has 16 nitrogen and oxygen atoms in total. The van der Waals surface area contributed by atoms with Crippen LogP contribution in [0, 0.1) is 0 Å². The van der Waals surface area contributed by atoms with Gasteiger partial charge in [0.2, 0.25) is 0 Å². The molecule has 0 bridgehead atoms. The predicted octanol–water partition coefficient (Wildman–Crippen LogP) is 7.36. The smallest absolute Gasteiger partial charge is 0.462 e. The number of unbranched alkanes of at least 4 members (excludes halogenated alkanes) is 12. The van der Waals surface area contributed by atoms with Crippen LogP contribution < -0.4 is 0 Å². The standard InChI is InChI=1S/C52H87O16P/c1-3-5-7-8-9-10-11-12-13-14-15-16-17-18-19-20-21-22-27-31-37-46(57)67-42(40-66-69(63,64)68-52-50(61)48(59)47(58)49(60)51(52)62)39-65-45(56)38-32-36-44(55)43(54)35-30-26-24-23-25-29-34-41(53)33-28-6-4-2/h10-11,13-14,16-17,23-26,29-30,34-35,41-44,47-55,58-62H,3-9,12,15,18-22,27-28,31-33,36-40H2,1-2H3,(H,63,64)/b11-10-,14-13-,17-16-,25-23-,26-24+,34-29+,35-30+/t41-,42-,43-,44-,47?,48-,49+,50-,51-,52?/m1/s1. The summed E-state index contributed by atoms with van der Waals surface area (Å²) in [6, 6.07) is 0. The van der Waals surface area contributed by atoms with Crippen LogP contribution in [0.1, 0.15) is 155 Å². The van der Waals surface area contributed by atoms with Crippen LogP contribution in [0.15, 0.2) is 85.1 Å². The van der Waals surface area contributed by atoms with Crippen molar-refractivity contribution in [3.05, 3.63) is 85.1 Å². The van der Waals surface area contributed by atoms with Crippen molar-refractivity contribution < 1.29 is 78.4 Å². The summed E-state index contributed by atoms with van der Waals surface area (Å²) in [5, 5.41) is 80.8. The number of hydrogen-bond donors (Lipinski definition) is 9. The van der Waals surface area contributed by atoms with E-state index in [4.69, 9.17) is 18.5 Å². The molecule has 3 unspecified atom stereocenters. The molecule has 0 amide bonds. The van der Waals surface area contributed by atoms with Gasteiger partial charge in [0.15, 0.2) is 6.10 Å². The van der Waals surface area contributed by atoms with Crippen LogP contribution in [0.25, 0.3) is 0 Å². The average Bonchev–Trinajstić information content (AvgIpc) is 3.32. The Morgan fingerprint density at radius 2 is 1.04 bits per heavy atom. The fourth-order valence-electron chi connectivity index (χ4n) is 7.09. The summed E-state index contributed by atoms with van der Waals surface area (Å²) in [5.41, 5.74) is 0. The second kappa shape index (κ2) is 40.5. The van der Waals surface area contributed by atoms with E-state index in [9.17, 15) is 59.9 Å². The van der Waals surface area contributed by atoms with Crippen molar-refractivity contribution in [2.24, 2.45) is 0 Å². The number of rotatable bonds is 40. The third-order valence-corrected chi connectivity index (χ3v) is 12.3. The van der Waals surface area contributed by atoms with E-state index in [1.165, 1.54) is 31.8 Å². The number of hydrogen-bond acceptors (Lipinski definition) is 15. The highest BCUT2D eigenvalue weighted by Gasteiger charge is 2.51. The quantitative estimate of drug-likeness (QED) is 0.00954.